The van der Waals surface area contributed by atoms with Crippen molar-refractivity contribution in [3.05, 3.63) is 0 Å². The van der Waals surface area contributed by atoms with Gasteiger partial charge < -0.3 is 20.8 Å². The molecule has 0 aliphatic heterocycles. The lowest BCUT2D eigenvalue weighted by molar-refractivity contribution is -0.138. The van der Waals surface area contributed by atoms with Crippen LogP contribution in [0.25, 0.3) is 0 Å². The quantitative estimate of drug-likeness (QED) is 0.529. The van der Waals surface area contributed by atoms with Gasteiger partial charge in [-0.25, -0.2) is 0 Å². The number of carboxylic acids is 1. The second kappa shape index (κ2) is 5.81. The van der Waals surface area contributed by atoms with Gasteiger partial charge in [-0.15, -0.1) is 0 Å². The smallest absolute Gasteiger partial charge is 0.303 e. The molecule has 1 amide bonds. The Labute approximate surface area is 94.0 Å². The van der Waals surface area contributed by atoms with Crippen LogP contribution >= 0.6 is 0 Å². The number of aliphatic carboxylic acids is 1. The van der Waals surface area contributed by atoms with E-state index in [1.54, 1.807) is 4.90 Å². The molecular weight excluding hydrogens is 212 g/mol. The van der Waals surface area contributed by atoms with Crippen LogP contribution in [0.3, 0.4) is 0 Å². The molecule has 1 rings (SSSR count). The van der Waals surface area contributed by atoms with Crippen molar-refractivity contribution in [2.24, 2.45) is 5.73 Å². The van der Waals surface area contributed by atoms with E-state index in [1.807, 2.05) is 0 Å². The van der Waals surface area contributed by atoms with Crippen LogP contribution < -0.4 is 5.73 Å². The average molecular weight is 230 g/mol. The molecule has 1 atom stereocenters. The van der Waals surface area contributed by atoms with Gasteiger partial charge in [0.15, 0.2) is 0 Å². The predicted molar refractivity (Wildman–Crippen MR) is 56.7 cm³/mol. The topological polar surface area (TPSA) is 104 Å². The Morgan fingerprint density at radius 1 is 1.44 bits per heavy atom. The number of amides is 1. The van der Waals surface area contributed by atoms with E-state index in [4.69, 9.17) is 15.9 Å². The van der Waals surface area contributed by atoms with Crippen LogP contribution in [0.5, 0.6) is 0 Å². The number of hydrogen-bond acceptors (Lipinski definition) is 4. The minimum absolute atomic E-state index is 0.0894. The van der Waals surface area contributed by atoms with Crippen LogP contribution in [0, 0.1) is 0 Å². The lowest BCUT2D eigenvalue weighted by Crippen LogP contribution is -2.46. The number of hydrogen-bond donors (Lipinski definition) is 3. The first-order valence-corrected chi connectivity index (χ1v) is 5.45. The van der Waals surface area contributed by atoms with Crippen molar-refractivity contribution in [3.8, 4) is 0 Å². The molecule has 0 aromatic rings. The number of aliphatic hydroxyl groups is 1. The van der Waals surface area contributed by atoms with Crippen LogP contribution in [0.15, 0.2) is 0 Å². The average Bonchev–Trinajstić information content (AvgIpc) is 3.05. The first kappa shape index (κ1) is 12.9. The summed E-state index contributed by atoms with van der Waals surface area (Å²) in [5, 5.41) is 17.3. The lowest BCUT2D eigenvalue weighted by Gasteiger charge is -2.24. The third kappa shape index (κ3) is 3.79. The molecule has 1 aliphatic carbocycles. The highest BCUT2D eigenvalue weighted by Gasteiger charge is 2.34. The predicted octanol–water partition coefficient (Wildman–Crippen LogP) is -0.838. The largest absolute Gasteiger partial charge is 0.481 e. The Kier molecular flexibility index (Phi) is 4.70. The van der Waals surface area contributed by atoms with Gasteiger partial charge in [-0.3, -0.25) is 9.59 Å². The van der Waals surface area contributed by atoms with Crippen molar-refractivity contribution in [3.63, 3.8) is 0 Å². The van der Waals surface area contributed by atoms with Gasteiger partial charge in [0.2, 0.25) is 5.91 Å². The van der Waals surface area contributed by atoms with E-state index in [0.717, 1.165) is 12.8 Å². The molecule has 0 aromatic heterocycles. The van der Waals surface area contributed by atoms with Crippen molar-refractivity contribution in [1.29, 1.82) is 0 Å². The molecule has 0 spiro atoms. The third-order valence-electron chi connectivity index (χ3n) is 2.60. The summed E-state index contributed by atoms with van der Waals surface area (Å²) in [5.41, 5.74) is 5.63. The Morgan fingerprint density at radius 2 is 2.06 bits per heavy atom. The van der Waals surface area contributed by atoms with Gasteiger partial charge in [-0.05, 0) is 19.3 Å². The van der Waals surface area contributed by atoms with Crippen molar-refractivity contribution in [2.75, 3.05) is 13.2 Å². The minimum atomic E-state index is -0.955. The highest BCUT2D eigenvalue weighted by molar-refractivity contribution is 5.82. The molecule has 1 saturated carbocycles. The van der Waals surface area contributed by atoms with Gasteiger partial charge in [-0.1, -0.05) is 0 Å². The summed E-state index contributed by atoms with van der Waals surface area (Å²) in [7, 11) is 0. The molecule has 92 valence electrons. The fourth-order valence-corrected chi connectivity index (χ4v) is 1.58. The number of rotatable bonds is 7. The zero-order valence-electron chi connectivity index (χ0n) is 9.13. The summed E-state index contributed by atoms with van der Waals surface area (Å²) >= 11 is 0. The van der Waals surface area contributed by atoms with Crippen LogP contribution in [0.2, 0.25) is 0 Å². The number of aliphatic hydroxyl groups excluding tert-OH is 1. The summed E-state index contributed by atoms with van der Waals surface area (Å²) in [4.78, 5) is 23.7. The number of nitrogens with two attached hydrogens (primary N) is 1. The van der Waals surface area contributed by atoms with Crippen LogP contribution in [0.1, 0.15) is 25.7 Å². The van der Waals surface area contributed by atoms with Crippen LogP contribution in [-0.4, -0.2) is 52.2 Å². The molecule has 0 aromatic carbocycles. The SMILES string of the molecule is NC(CCC(=O)O)C(=O)N(CCO)C1CC1. The molecular formula is C10H18N2O4. The minimum Gasteiger partial charge on any atom is -0.481 e. The summed E-state index contributed by atoms with van der Waals surface area (Å²) in [5.74, 6) is -1.21. The maximum Gasteiger partial charge on any atom is 0.303 e. The van der Waals surface area contributed by atoms with Crippen molar-refractivity contribution in [2.45, 2.75) is 37.8 Å². The Morgan fingerprint density at radius 3 is 2.50 bits per heavy atom. The van der Waals surface area contributed by atoms with Crippen LogP contribution in [-0.2, 0) is 9.59 Å². The van der Waals surface area contributed by atoms with Gasteiger partial charge >= 0.3 is 5.97 Å². The molecule has 0 radical (unpaired) electrons. The normalized spacial score (nSPS) is 16.9. The number of nitrogens with zero attached hydrogens (tertiary/aromatic N) is 1. The van der Waals surface area contributed by atoms with E-state index < -0.39 is 12.0 Å². The second-order valence-electron chi connectivity index (χ2n) is 4.03. The lowest BCUT2D eigenvalue weighted by atomic mass is 10.1. The van der Waals surface area contributed by atoms with Crippen molar-refractivity contribution in [1.82, 2.24) is 4.90 Å². The third-order valence-corrected chi connectivity index (χ3v) is 2.60. The number of carbonyl (C=O) groups excluding carboxylic acids is 1. The zero-order valence-corrected chi connectivity index (χ0v) is 9.13. The molecule has 4 N–H and O–H groups in total. The Bertz CT molecular complexity index is 266. The zero-order chi connectivity index (χ0) is 12.1. The fourth-order valence-electron chi connectivity index (χ4n) is 1.58. The van der Waals surface area contributed by atoms with Gasteiger partial charge in [0.05, 0.1) is 12.6 Å². The van der Waals surface area contributed by atoms with Gasteiger partial charge in [0, 0.05) is 19.0 Å². The standard InChI is InChI=1S/C10H18N2O4/c11-8(3-4-9(14)15)10(16)12(5-6-13)7-1-2-7/h7-8,13H,1-6,11H2,(H,14,15). The van der Waals surface area contributed by atoms with Crippen LogP contribution in [0.4, 0.5) is 0 Å². The number of carboxylic acid groups (broad SMARTS) is 1. The molecule has 1 aliphatic rings. The first-order valence-electron chi connectivity index (χ1n) is 5.45. The summed E-state index contributed by atoms with van der Waals surface area (Å²) in [6.45, 7) is 0.193. The van der Waals surface area contributed by atoms with Crippen molar-refractivity contribution >= 4 is 11.9 Å². The molecule has 6 nitrogen and oxygen atoms in total. The summed E-state index contributed by atoms with van der Waals surface area (Å²) < 4.78 is 0. The molecule has 6 heteroatoms. The van der Waals surface area contributed by atoms with E-state index >= 15 is 0 Å². The van der Waals surface area contributed by atoms with Crippen molar-refractivity contribution < 1.29 is 19.8 Å². The maximum absolute atomic E-state index is 11.8. The van der Waals surface area contributed by atoms with E-state index in [9.17, 15) is 9.59 Å². The highest BCUT2D eigenvalue weighted by Crippen LogP contribution is 2.27. The van der Waals surface area contributed by atoms with E-state index in [1.165, 1.54) is 0 Å². The molecule has 1 unspecified atom stereocenters. The van der Waals surface area contributed by atoms with Gasteiger partial charge in [0.1, 0.15) is 0 Å². The molecule has 0 heterocycles. The summed E-state index contributed by atoms with van der Waals surface area (Å²) in [6.07, 6.45) is 1.92. The summed E-state index contributed by atoms with van der Waals surface area (Å²) in [6, 6.07) is -0.584. The molecule has 0 bridgehead atoms. The van der Waals surface area contributed by atoms with E-state index in [0.29, 0.717) is 0 Å². The Balaban J connectivity index is 2.42. The maximum atomic E-state index is 11.8. The number of carbonyl (C=O) groups is 2. The van der Waals surface area contributed by atoms with Gasteiger partial charge in [-0.2, -0.15) is 0 Å². The fraction of sp³-hybridized carbons (Fsp3) is 0.800. The molecule has 0 saturated heterocycles. The Hall–Kier alpha value is -1.14. The highest BCUT2D eigenvalue weighted by atomic mass is 16.4. The van der Waals surface area contributed by atoms with E-state index in [2.05, 4.69) is 0 Å². The second-order valence-corrected chi connectivity index (χ2v) is 4.03. The van der Waals surface area contributed by atoms with Gasteiger partial charge in [0.25, 0.3) is 0 Å². The van der Waals surface area contributed by atoms with E-state index in [-0.39, 0.29) is 37.9 Å². The molecule has 16 heavy (non-hydrogen) atoms. The first-order chi connectivity index (χ1) is 7.56. The molecule has 1 fully saturated rings. The monoisotopic (exact) mass is 230 g/mol.